The molecule has 0 aliphatic carbocycles. The van der Waals surface area contributed by atoms with E-state index in [0.29, 0.717) is 25.4 Å². The maximum Gasteiger partial charge on any atom is 0.306 e. The van der Waals surface area contributed by atoms with E-state index in [-0.39, 0.29) is 12.3 Å². The van der Waals surface area contributed by atoms with Gasteiger partial charge in [0.1, 0.15) is 0 Å². The van der Waals surface area contributed by atoms with Crippen molar-refractivity contribution in [2.24, 2.45) is 16.1 Å². The standard InChI is InChI=1S/C18H24N5O4.3CH3.Sn/c1-13(18(25)26)7-8-16(24)19-9-2-3-10-27-15-6-4-5-14(11-15)17-22-20-12-21-23-17;;;;/h5-6,11-13H,2-3,7-10H2,1H3,(H,19,24)(H,20,21)(H,22,23)(H,25,26);3*1H3;. The average Bonchev–Trinajstić information content (AvgIpc) is 2.74. The molecule has 2 rings (SSSR count). The molecule has 170 valence electrons. The molecule has 0 bridgehead atoms. The molecule has 1 aliphatic rings. The van der Waals surface area contributed by atoms with Crippen LogP contribution in [-0.2, 0) is 9.59 Å². The number of carbonyl (C=O) groups is 2. The number of hydrogen-bond acceptors (Lipinski definition) is 7. The van der Waals surface area contributed by atoms with Gasteiger partial charge in [0.25, 0.3) is 0 Å². The van der Waals surface area contributed by atoms with Gasteiger partial charge in [-0.3, -0.25) is 4.79 Å². The van der Waals surface area contributed by atoms with Crippen molar-refractivity contribution >= 4 is 46.0 Å². The fourth-order valence-corrected chi connectivity index (χ4v) is 6.15. The molecule has 1 atom stereocenters. The van der Waals surface area contributed by atoms with E-state index in [1.54, 1.807) is 6.92 Å². The van der Waals surface area contributed by atoms with Gasteiger partial charge in [-0.1, -0.05) is 6.92 Å². The van der Waals surface area contributed by atoms with Crippen LogP contribution in [0, 0.1) is 5.92 Å². The molecule has 0 fully saturated rings. The van der Waals surface area contributed by atoms with Crippen molar-refractivity contribution in [3.63, 3.8) is 0 Å². The van der Waals surface area contributed by atoms with E-state index in [1.165, 1.54) is 9.92 Å². The molecule has 31 heavy (non-hydrogen) atoms. The number of ether oxygens (including phenoxy) is 1. The second-order valence-electron chi connectivity index (χ2n) is 8.64. The van der Waals surface area contributed by atoms with Gasteiger partial charge >= 0.3 is 165 Å². The van der Waals surface area contributed by atoms with Gasteiger partial charge < -0.3 is 5.11 Å². The number of carboxylic acids is 1. The first-order valence-electron chi connectivity index (χ1n) is 10.6. The summed E-state index contributed by atoms with van der Waals surface area (Å²) in [5, 5.41) is 19.9. The van der Waals surface area contributed by atoms with Gasteiger partial charge in [-0.05, 0) is 0 Å². The molecule has 0 saturated carbocycles. The van der Waals surface area contributed by atoms with Gasteiger partial charge in [-0.25, -0.2) is 0 Å². The quantitative estimate of drug-likeness (QED) is 0.238. The molecule has 1 aliphatic heterocycles. The average molecular weight is 538 g/mol. The largest absolute Gasteiger partial charge is 0.481 e. The molecular weight excluding hydrogens is 505 g/mol. The number of amidine groups is 1. The number of benzene rings is 1. The fraction of sp³-hybridized carbons (Fsp3) is 0.524. The Hall–Kier alpha value is -2.30. The summed E-state index contributed by atoms with van der Waals surface area (Å²) in [4.78, 5) is 29.6. The number of amides is 1. The molecule has 1 unspecified atom stereocenters. The number of carbonyl (C=O) groups excluding carboxylic acids is 1. The third kappa shape index (κ3) is 8.76. The van der Waals surface area contributed by atoms with Crippen molar-refractivity contribution in [3.8, 4) is 5.75 Å². The van der Waals surface area contributed by atoms with E-state index in [2.05, 4.69) is 53.3 Å². The minimum atomic E-state index is -2.33. The Kier molecular flexibility index (Phi) is 9.60. The first-order chi connectivity index (χ1) is 14.7. The number of carboxylic acid groups (broad SMARTS) is 1. The second kappa shape index (κ2) is 11.9. The zero-order valence-corrected chi connectivity index (χ0v) is 21.5. The molecule has 1 amide bonds. The number of nitrogens with one attached hydrogen (secondary N) is 3. The van der Waals surface area contributed by atoms with Crippen LogP contribution in [0.5, 0.6) is 5.75 Å². The first kappa shape index (κ1) is 25.0. The van der Waals surface area contributed by atoms with Crippen molar-refractivity contribution in [2.45, 2.75) is 47.4 Å². The number of unbranched alkanes of at least 4 members (excludes halogenated alkanes) is 1. The minimum Gasteiger partial charge on any atom is -0.481 e. The molecule has 1 aromatic rings. The summed E-state index contributed by atoms with van der Waals surface area (Å²) in [5.74, 6) is -0.0199. The van der Waals surface area contributed by atoms with E-state index in [9.17, 15) is 9.59 Å². The summed E-state index contributed by atoms with van der Waals surface area (Å²) in [6, 6.07) is 6.25. The Balaban J connectivity index is 1.80. The van der Waals surface area contributed by atoms with E-state index in [4.69, 9.17) is 9.84 Å². The Morgan fingerprint density at radius 3 is 2.65 bits per heavy atom. The normalized spacial score (nSPS) is 14.1. The Bertz CT molecular complexity index is 836. The zero-order valence-electron chi connectivity index (χ0n) is 18.7. The van der Waals surface area contributed by atoms with E-state index in [1.807, 2.05) is 6.07 Å². The van der Waals surface area contributed by atoms with E-state index >= 15 is 0 Å². The summed E-state index contributed by atoms with van der Waals surface area (Å²) in [6.07, 6.45) is 3.66. The van der Waals surface area contributed by atoms with Crippen LogP contribution in [-0.4, -0.2) is 60.7 Å². The van der Waals surface area contributed by atoms with Gasteiger partial charge in [0.05, 0.1) is 5.92 Å². The summed E-state index contributed by atoms with van der Waals surface area (Å²) in [5.41, 5.74) is 6.60. The summed E-state index contributed by atoms with van der Waals surface area (Å²) in [6.45, 7) is 2.71. The number of rotatable bonds is 12. The summed E-state index contributed by atoms with van der Waals surface area (Å²) < 4.78 is 7.34. The predicted octanol–water partition coefficient (Wildman–Crippen LogP) is 1.81. The molecule has 1 aromatic carbocycles. The second-order valence-corrected chi connectivity index (χ2v) is 23.1. The van der Waals surface area contributed by atoms with Crippen molar-refractivity contribution in [3.05, 3.63) is 23.8 Å². The Morgan fingerprint density at radius 2 is 2.00 bits per heavy atom. The number of aliphatic carboxylic acids is 1. The van der Waals surface area contributed by atoms with Gasteiger partial charge in [-0.15, -0.1) is 0 Å². The smallest absolute Gasteiger partial charge is 0.306 e. The van der Waals surface area contributed by atoms with Gasteiger partial charge in [0.15, 0.2) is 0 Å². The van der Waals surface area contributed by atoms with Gasteiger partial charge in [-0.2, -0.15) is 0 Å². The van der Waals surface area contributed by atoms with Gasteiger partial charge in [0.2, 0.25) is 0 Å². The molecule has 9 nitrogen and oxygen atoms in total. The van der Waals surface area contributed by atoms with E-state index < -0.39 is 30.3 Å². The van der Waals surface area contributed by atoms with E-state index in [0.717, 1.165) is 24.2 Å². The molecule has 0 saturated heterocycles. The van der Waals surface area contributed by atoms with Crippen LogP contribution in [0.4, 0.5) is 0 Å². The molecule has 0 radical (unpaired) electrons. The number of nitrogens with zero attached hydrogens (tertiary/aromatic N) is 2. The summed E-state index contributed by atoms with van der Waals surface area (Å²) in [7, 11) is 0. The van der Waals surface area contributed by atoms with Crippen molar-refractivity contribution in [1.29, 1.82) is 0 Å². The SMILES string of the molecule is CC(CCC(=O)NCCCCOc1cc(C2=NNC=NN2)c[c]([Sn]([CH3])([CH3])[CH3])c1)C(=O)O. The van der Waals surface area contributed by atoms with Crippen LogP contribution in [0.2, 0.25) is 14.8 Å². The maximum absolute atomic E-state index is 11.8. The zero-order chi connectivity index (χ0) is 22.9. The fourth-order valence-electron chi connectivity index (χ4n) is 2.83. The van der Waals surface area contributed by atoms with Crippen molar-refractivity contribution < 1.29 is 19.4 Å². The van der Waals surface area contributed by atoms with Crippen molar-refractivity contribution in [1.82, 2.24) is 16.2 Å². The van der Waals surface area contributed by atoms with Gasteiger partial charge in [0, 0.05) is 0 Å². The molecule has 0 aromatic heterocycles. The van der Waals surface area contributed by atoms with Crippen LogP contribution >= 0.6 is 0 Å². The summed E-state index contributed by atoms with van der Waals surface area (Å²) >= 11 is -2.33. The third-order valence-electron chi connectivity index (χ3n) is 4.90. The third-order valence-corrected chi connectivity index (χ3v) is 10.7. The molecule has 0 spiro atoms. The Morgan fingerprint density at radius 1 is 1.23 bits per heavy atom. The maximum atomic E-state index is 11.8. The monoisotopic (exact) mass is 539 g/mol. The first-order valence-corrected chi connectivity index (χ1v) is 20.5. The molecule has 4 N–H and O–H groups in total. The topological polar surface area (TPSA) is 124 Å². The van der Waals surface area contributed by atoms with Crippen LogP contribution in [0.25, 0.3) is 0 Å². The van der Waals surface area contributed by atoms with Crippen LogP contribution < -0.4 is 24.5 Å². The molecule has 1 heterocycles. The van der Waals surface area contributed by atoms with Crippen LogP contribution in [0.1, 0.15) is 38.2 Å². The van der Waals surface area contributed by atoms with Crippen molar-refractivity contribution in [2.75, 3.05) is 13.2 Å². The van der Waals surface area contributed by atoms with Crippen LogP contribution in [0.15, 0.2) is 28.4 Å². The number of hydrazone groups is 2. The number of hydrogen-bond donors (Lipinski definition) is 4. The Labute approximate surface area is 187 Å². The minimum absolute atomic E-state index is 0.110. The molecular formula is C21H33N5O4Sn. The molecule has 10 heteroatoms. The van der Waals surface area contributed by atoms with Crippen LogP contribution in [0.3, 0.4) is 0 Å². The predicted molar refractivity (Wildman–Crippen MR) is 124 cm³/mol.